The minimum Gasteiger partial charge on any atom is -0.340 e. The van der Waals surface area contributed by atoms with Crippen LogP contribution in [0.4, 0.5) is 4.39 Å². The van der Waals surface area contributed by atoms with Crippen molar-refractivity contribution in [2.75, 3.05) is 39.8 Å². The molecule has 152 valence electrons. The summed E-state index contributed by atoms with van der Waals surface area (Å²) in [6, 6.07) is 9.92. The number of sulfonamides is 1. The van der Waals surface area contributed by atoms with E-state index in [0.717, 1.165) is 28.6 Å². The lowest BCUT2D eigenvalue weighted by Crippen LogP contribution is -2.42. The lowest BCUT2D eigenvalue weighted by molar-refractivity contribution is -0.131. The number of halogens is 1. The number of amides is 1. The van der Waals surface area contributed by atoms with Crippen molar-refractivity contribution < 1.29 is 17.6 Å². The van der Waals surface area contributed by atoms with E-state index in [9.17, 15) is 17.6 Å². The smallest absolute Gasteiger partial charge is 0.252 e. The lowest BCUT2D eigenvalue weighted by atomic mass is 10.2. The van der Waals surface area contributed by atoms with E-state index in [2.05, 4.69) is 4.90 Å². The standard InChI is InChI=1S/C19H24FN3O3S2/c1-21(28(25,26)19-8-4-13-27-19)15-18(24)23-10-5-9-22(11-12-23)14-16-6-2-3-7-17(16)20/h2-4,6-8,13H,5,9-12,14-15H2,1H3. The lowest BCUT2D eigenvalue weighted by Gasteiger charge is -2.24. The molecule has 0 atom stereocenters. The first kappa shape index (κ1) is 20.9. The fraction of sp³-hybridized carbons (Fsp3) is 0.421. The summed E-state index contributed by atoms with van der Waals surface area (Å²) in [7, 11) is -2.22. The van der Waals surface area contributed by atoms with E-state index in [0.29, 0.717) is 31.7 Å². The largest absolute Gasteiger partial charge is 0.340 e. The number of nitrogens with zero attached hydrogens (tertiary/aromatic N) is 3. The highest BCUT2D eigenvalue weighted by Crippen LogP contribution is 2.20. The highest BCUT2D eigenvalue weighted by Gasteiger charge is 2.27. The fourth-order valence-electron chi connectivity index (χ4n) is 3.19. The highest BCUT2D eigenvalue weighted by molar-refractivity contribution is 7.91. The summed E-state index contributed by atoms with van der Waals surface area (Å²) in [6.45, 7) is 2.78. The Labute approximate surface area is 169 Å². The van der Waals surface area contributed by atoms with Gasteiger partial charge >= 0.3 is 0 Å². The summed E-state index contributed by atoms with van der Waals surface area (Å²) in [5.41, 5.74) is 0.643. The minimum absolute atomic E-state index is 0.187. The molecule has 0 bridgehead atoms. The second-order valence-corrected chi connectivity index (χ2v) is 10.0. The Balaban J connectivity index is 1.56. The molecule has 0 unspecified atom stereocenters. The molecule has 0 N–H and O–H groups in total. The van der Waals surface area contributed by atoms with E-state index in [1.807, 2.05) is 6.07 Å². The van der Waals surface area contributed by atoms with Crippen LogP contribution in [0.3, 0.4) is 0 Å². The molecule has 2 heterocycles. The maximum absolute atomic E-state index is 13.9. The van der Waals surface area contributed by atoms with Crippen LogP contribution in [-0.2, 0) is 21.4 Å². The maximum atomic E-state index is 13.9. The predicted octanol–water partition coefficient (Wildman–Crippen LogP) is 2.24. The van der Waals surface area contributed by atoms with E-state index < -0.39 is 10.0 Å². The number of thiophene rings is 1. The number of hydrogen-bond donors (Lipinski definition) is 0. The second kappa shape index (κ2) is 9.13. The van der Waals surface area contributed by atoms with Crippen LogP contribution in [0, 0.1) is 5.82 Å². The molecular formula is C19H24FN3O3S2. The van der Waals surface area contributed by atoms with E-state index in [-0.39, 0.29) is 22.5 Å². The maximum Gasteiger partial charge on any atom is 0.252 e. The summed E-state index contributed by atoms with van der Waals surface area (Å²) in [5, 5.41) is 1.70. The zero-order chi connectivity index (χ0) is 20.1. The summed E-state index contributed by atoms with van der Waals surface area (Å²) in [5.74, 6) is -0.435. The van der Waals surface area contributed by atoms with Crippen LogP contribution in [0.1, 0.15) is 12.0 Å². The molecule has 1 amide bonds. The van der Waals surface area contributed by atoms with E-state index in [1.54, 1.807) is 28.5 Å². The van der Waals surface area contributed by atoms with Crippen LogP contribution in [0.25, 0.3) is 0 Å². The van der Waals surface area contributed by atoms with Crippen LogP contribution < -0.4 is 0 Å². The highest BCUT2D eigenvalue weighted by atomic mass is 32.2. The normalized spacial score (nSPS) is 16.3. The van der Waals surface area contributed by atoms with Crippen LogP contribution >= 0.6 is 11.3 Å². The van der Waals surface area contributed by atoms with Gasteiger partial charge < -0.3 is 4.90 Å². The van der Waals surface area contributed by atoms with Gasteiger partial charge in [0.05, 0.1) is 6.54 Å². The van der Waals surface area contributed by atoms with Crippen molar-refractivity contribution in [3.8, 4) is 0 Å². The molecule has 6 nitrogen and oxygen atoms in total. The van der Waals surface area contributed by atoms with Gasteiger partial charge in [0.15, 0.2) is 0 Å². The third-order valence-corrected chi connectivity index (χ3v) is 7.99. The van der Waals surface area contributed by atoms with E-state index in [4.69, 9.17) is 0 Å². The van der Waals surface area contributed by atoms with Crippen molar-refractivity contribution in [3.63, 3.8) is 0 Å². The Hall–Kier alpha value is -1.81. The number of likely N-dealkylation sites (N-methyl/N-ethyl adjacent to an activating group) is 1. The Morgan fingerprint density at radius 1 is 1.14 bits per heavy atom. The first-order valence-corrected chi connectivity index (χ1v) is 11.4. The molecule has 9 heteroatoms. The molecular weight excluding hydrogens is 401 g/mol. The molecule has 1 aromatic carbocycles. The molecule has 1 fully saturated rings. The minimum atomic E-state index is -3.64. The van der Waals surface area contributed by atoms with Crippen LogP contribution in [0.2, 0.25) is 0 Å². The first-order chi connectivity index (χ1) is 13.4. The third kappa shape index (κ3) is 4.96. The SMILES string of the molecule is CN(CC(=O)N1CCCN(Cc2ccccc2F)CC1)S(=O)(=O)c1cccs1. The van der Waals surface area contributed by atoms with Crippen molar-refractivity contribution in [1.29, 1.82) is 0 Å². The Bertz CT molecular complexity index is 903. The molecule has 0 aliphatic carbocycles. The Morgan fingerprint density at radius 3 is 2.64 bits per heavy atom. The van der Waals surface area contributed by atoms with Gasteiger partial charge in [0, 0.05) is 45.3 Å². The van der Waals surface area contributed by atoms with Crippen LogP contribution in [-0.4, -0.2) is 68.2 Å². The van der Waals surface area contributed by atoms with Gasteiger partial charge in [0.25, 0.3) is 10.0 Å². The van der Waals surface area contributed by atoms with Gasteiger partial charge in [-0.1, -0.05) is 24.3 Å². The van der Waals surface area contributed by atoms with Gasteiger partial charge in [0.1, 0.15) is 10.0 Å². The molecule has 1 aliphatic rings. The van der Waals surface area contributed by atoms with Crippen LogP contribution in [0.15, 0.2) is 46.0 Å². The second-order valence-electron chi connectivity index (χ2n) is 6.80. The molecule has 3 rings (SSSR count). The summed E-state index contributed by atoms with van der Waals surface area (Å²) in [6.07, 6.45) is 0.765. The van der Waals surface area contributed by atoms with Crippen molar-refractivity contribution in [3.05, 3.63) is 53.2 Å². The Kier molecular flexibility index (Phi) is 6.82. The quantitative estimate of drug-likeness (QED) is 0.712. The molecule has 0 radical (unpaired) electrons. The van der Waals surface area contributed by atoms with Crippen molar-refractivity contribution in [2.24, 2.45) is 0 Å². The average Bonchev–Trinajstić information content (AvgIpc) is 3.11. The van der Waals surface area contributed by atoms with E-state index in [1.165, 1.54) is 19.2 Å². The average molecular weight is 426 g/mol. The molecule has 0 saturated carbocycles. The fourth-order valence-corrected chi connectivity index (χ4v) is 5.51. The van der Waals surface area contributed by atoms with Gasteiger partial charge in [0.2, 0.25) is 5.91 Å². The Morgan fingerprint density at radius 2 is 1.93 bits per heavy atom. The van der Waals surface area contributed by atoms with Crippen molar-refractivity contribution in [2.45, 2.75) is 17.2 Å². The molecule has 1 aromatic heterocycles. The molecule has 0 spiro atoms. The van der Waals surface area contributed by atoms with Gasteiger partial charge in [-0.2, -0.15) is 4.31 Å². The van der Waals surface area contributed by atoms with Gasteiger partial charge in [-0.3, -0.25) is 9.69 Å². The van der Waals surface area contributed by atoms with Gasteiger partial charge in [-0.05, 0) is 23.9 Å². The zero-order valence-corrected chi connectivity index (χ0v) is 17.4. The summed E-state index contributed by atoms with van der Waals surface area (Å²) >= 11 is 1.13. The number of carbonyl (C=O) groups is 1. The molecule has 2 aromatic rings. The summed E-state index contributed by atoms with van der Waals surface area (Å²) in [4.78, 5) is 16.5. The van der Waals surface area contributed by atoms with E-state index >= 15 is 0 Å². The van der Waals surface area contributed by atoms with Crippen molar-refractivity contribution in [1.82, 2.24) is 14.1 Å². The molecule has 1 saturated heterocycles. The molecule has 28 heavy (non-hydrogen) atoms. The first-order valence-electron chi connectivity index (χ1n) is 9.11. The number of carbonyl (C=O) groups excluding carboxylic acids is 1. The summed E-state index contributed by atoms with van der Waals surface area (Å²) < 4.78 is 40.2. The van der Waals surface area contributed by atoms with Crippen LogP contribution in [0.5, 0.6) is 0 Å². The monoisotopic (exact) mass is 425 g/mol. The topological polar surface area (TPSA) is 60.9 Å². The number of hydrogen-bond acceptors (Lipinski definition) is 5. The van der Waals surface area contributed by atoms with Gasteiger partial charge in [-0.15, -0.1) is 11.3 Å². The van der Waals surface area contributed by atoms with Gasteiger partial charge in [-0.25, -0.2) is 12.8 Å². The number of rotatable bonds is 6. The zero-order valence-electron chi connectivity index (χ0n) is 15.8. The van der Waals surface area contributed by atoms with Crippen molar-refractivity contribution >= 4 is 27.3 Å². The predicted molar refractivity (Wildman–Crippen MR) is 107 cm³/mol. The third-order valence-electron chi connectivity index (χ3n) is 4.81. The molecule has 1 aliphatic heterocycles. The number of benzene rings is 1.